The molecular formula is C12H16BrN3. The molecule has 3 nitrogen and oxygen atoms in total. The molecule has 1 N–H and O–H groups in total. The van der Waals surface area contributed by atoms with Gasteiger partial charge in [0.15, 0.2) is 0 Å². The zero-order valence-corrected chi connectivity index (χ0v) is 10.8. The number of halogens is 1. The van der Waals surface area contributed by atoms with Crippen LogP contribution in [-0.4, -0.2) is 16.5 Å². The lowest BCUT2D eigenvalue weighted by atomic mass is 9.97. The van der Waals surface area contributed by atoms with Crippen molar-refractivity contribution in [2.24, 2.45) is 0 Å². The Kier molecular flexibility index (Phi) is 4.34. The number of hydrogen-bond acceptors (Lipinski definition) is 3. The molecule has 0 atom stereocenters. The quantitative estimate of drug-likeness (QED) is 0.858. The van der Waals surface area contributed by atoms with E-state index < -0.39 is 0 Å². The van der Waals surface area contributed by atoms with E-state index in [1.165, 1.54) is 25.7 Å². The molecular weight excluding hydrogens is 266 g/mol. The van der Waals surface area contributed by atoms with Gasteiger partial charge in [-0.25, -0.2) is 9.97 Å². The van der Waals surface area contributed by atoms with Gasteiger partial charge in [-0.15, -0.1) is 0 Å². The van der Waals surface area contributed by atoms with E-state index in [0.717, 1.165) is 23.3 Å². The van der Waals surface area contributed by atoms with Gasteiger partial charge in [-0.3, -0.25) is 0 Å². The minimum atomic E-state index is 0.881. The SMILES string of the molecule is Brc1cncnc1NCCC1=CCCCC1. The number of hydrogen-bond donors (Lipinski definition) is 1. The van der Waals surface area contributed by atoms with Gasteiger partial charge in [0.05, 0.1) is 4.47 Å². The first-order valence-electron chi connectivity index (χ1n) is 5.73. The van der Waals surface area contributed by atoms with Crippen LogP contribution in [0.15, 0.2) is 28.6 Å². The van der Waals surface area contributed by atoms with E-state index in [4.69, 9.17) is 0 Å². The van der Waals surface area contributed by atoms with Crippen LogP contribution in [0.2, 0.25) is 0 Å². The molecule has 0 saturated carbocycles. The van der Waals surface area contributed by atoms with E-state index in [-0.39, 0.29) is 0 Å². The van der Waals surface area contributed by atoms with E-state index in [1.54, 1.807) is 18.1 Å². The molecule has 2 rings (SSSR count). The van der Waals surface area contributed by atoms with Crippen molar-refractivity contribution in [1.82, 2.24) is 9.97 Å². The summed E-state index contributed by atoms with van der Waals surface area (Å²) in [7, 11) is 0. The molecule has 1 aromatic heterocycles. The molecule has 16 heavy (non-hydrogen) atoms. The summed E-state index contributed by atoms with van der Waals surface area (Å²) in [5.41, 5.74) is 1.59. The molecule has 4 heteroatoms. The van der Waals surface area contributed by atoms with Gasteiger partial charge < -0.3 is 5.32 Å². The average Bonchev–Trinajstić information content (AvgIpc) is 2.33. The van der Waals surface area contributed by atoms with Crippen LogP contribution in [0.25, 0.3) is 0 Å². The first-order valence-corrected chi connectivity index (χ1v) is 6.53. The van der Waals surface area contributed by atoms with Crippen LogP contribution >= 0.6 is 15.9 Å². The highest BCUT2D eigenvalue weighted by Gasteiger charge is 2.04. The summed E-state index contributed by atoms with van der Waals surface area (Å²) >= 11 is 3.42. The Hall–Kier alpha value is -0.900. The summed E-state index contributed by atoms with van der Waals surface area (Å²) in [4.78, 5) is 8.11. The maximum atomic E-state index is 4.17. The summed E-state index contributed by atoms with van der Waals surface area (Å²) in [6, 6.07) is 0. The van der Waals surface area contributed by atoms with E-state index in [9.17, 15) is 0 Å². The van der Waals surface area contributed by atoms with Gasteiger partial charge in [-0.2, -0.15) is 0 Å². The van der Waals surface area contributed by atoms with Crippen molar-refractivity contribution >= 4 is 21.7 Å². The first-order chi connectivity index (χ1) is 7.86. The number of allylic oxidation sites excluding steroid dienone is 1. The average molecular weight is 282 g/mol. The molecule has 0 aromatic carbocycles. The first kappa shape index (κ1) is 11.6. The Bertz CT molecular complexity index is 376. The Labute approximate surface area is 105 Å². The highest BCUT2D eigenvalue weighted by Crippen LogP contribution is 2.21. The molecule has 1 heterocycles. The van der Waals surface area contributed by atoms with Crippen molar-refractivity contribution in [3.8, 4) is 0 Å². The van der Waals surface area contributed by atoms with Crippen molar-refractivity contribution < 1.29 is 0 Å². The Morgan fingerprint density at radius 1 is 1.38 bits per heavy atom. The molecule has 0 aliphatic heterocycles. The second-order valence-corrected chi connectivity index (χ2v) is 4.86. The van der Waals surface area contributed by atoms with Crippen molar-refractivity contribution in [1.29, 1.82) is 0 Å². The summed E-state index contributed by atoms with van der Waals surface area (Å²) in [6.45, 7) is 0.946. The number of nitrogens with zero attached hydrogens (tertiary/aromatic N) is 2. The van der Waals surface area contributed by atoms with Crippen LogP contribution in [0.1, 0.15) is 32.1 Å². The van der Waals surface area contributed by atoms with Crippen LogP contribution in [0, 0.1) is 0 Å². The highest BCUT2D eigenvalue weighted by atomic mass is 79.9. The van der Waals surface area contributed by atoms with Crippen molar-refractivity contribution in [2.75, 3.05) is 11.9 Å². The van der Waals surface area contributed by atoms with E-state index in [1.807, 2.05) is 0 Å². The number of aromatic nitrogens is 2. The fraction of sp³-hybridized carbons (Fsp3) is 0.500. The molecule has 1 aromatic rings. The third-order valence-corrected chi connectivity index (χ3v) is 3.37. The third kappa shape index (κ3) is 3.30. The molecule has 86 valence electrons. The smallest absolute Gasteiger partial charge is 0.143 e. The van der Waals surface area contributed by atoms with Crippen LogP contribution in [-0.2, 0) is 0 Å². The Morgan fingerprint density at radius 3 is 3.06 bits per heavy atom. The Morgan fingerprint density at radius 2 is 2.31 bits per heavy atom. The van der Waals surface area contributed by atoms with Crippen LogP contribution in [0.3, 0.4) is 0 Å². The number of rotatable bonds is 4. The maximum Gasteiger partial charge on any atom is 0.143 e. The topological polar surface area (TPSA) is 37.8 Å². The maximum absolute atomic E-state index is 4.17. The number of nitrogens with one attached hydrogen (secondary N) is 1. The molecule has 0 fully saturated rings. The standard InChI is InChI=1S/C12H16BrN3/c13-11-8-14-9-16-12(11)15-7-6-10-4-2-1-3-5-10/h4,8-9H,1-3,5-7H2,(H,14,15,16). The lowest BCUT2D eigenvalue weighted by Gasteiger charge is -2.13. The summed E-state index contributed by atoms with van der Waals surface area (Å²) in [6.07, 6.45) is 12.1. The van der Waals surface area contributed by atoms with E-state index in [2.05, 4.69) is 37.3 Å². The summed E-state index contributed by atoms with van der Waals surface area (Å²) < 4.78 is 0.924. The lowest BCUT2D eigenvalue weighted by Crippen LogP contribution is -2.06. The second kappa shape index (κ2) is 5.99. The van der Waals surface area contributed by atoms with Gasteiger partial charge in [0.1, 0.15) is 12.1 Å². The van der Waals surface area contributed by atoms with E-state index >= 15 is 0 Å². The normalized spacial score (nSPS) is 15.7. The summed E-state index contributed by atoms with van der Waals surface area (Å²) in [5.74, 6) is 0.881. The van der Waals surface area contributed by atoms with Gasteiger partial charge in [0, 0.05) is 12.7 Å². The van der Waals surface area contributed by atoms with Gasteiger partial charge in [-0.05, 0) is 48.0 Å². The molecule has 1 aliphatic carbocycles. The summed E-state index contributed by atoms with van der Waals surface area (Å²) in [5, 5.41) is 3.32. The lowest BCUT2D eigenvalue weighted by molar-refractivity contribution is 0.679. The van der Waals surface area contributed by atoms with Gasteiger partial charge in [0.25, 0.3) is 0 Å². The van der Waals surface area contributed by atoms with Crippen LogP contribution in [0.4, 0.5) is 5.82 Å². The van der Waals surface area contributed by atoms with Crippen molar-refractivity contribution in [3.63, 3.8) is 0 Å². The van der Waals surface area contributed by atoms with Crippen LogP contribution in [0.5, 0.6) is 0 Å². The highest BCUT2D eigenvalue weighted by molar-refractivity contribution is 9.10. The predicted molar refractivity (Wildman–Crippen MR) is 69.4 cm³/mol. The number of anilines is 1. The molecule has 0 bridgehead atoms. The largest absolute Gasteiger partial charge is 0.369 e. The molecule has 0 radical (unpaired) electrons. The minimum Gasteiger partial charge on any atom is -0.369 e. The molecule has 0 unspecified atom stereocenters. The van der Waals surface area contributed by atoms with Gasteiger partial charge in [0.2, 0.25) is 0 Å². The molecule has 0 saturated heterocycles. The van der Waals surface area contributed by atoms with E-state index in [0.29, 0.717) is 0 Å². The molecule has 0 spiro atoms. The van der Waals surface area contributed by atoms with Crippen molar-refractivity contribution in [3.05, 3.63) is 28.6 Å². The van der Waals surface area contributed by atoms with Gasteiger partial charge in [-0.1, -0.05) is 11.6 Å². The minimum absolute atomic E-state index is 0.881. The second-order valence-electron chi connectivity index (χ2n) is 4.00. The Balaban J connectivity index is 1.80. The zero-order chi connectivity index (χ0) is 11.2. The third-order valence-electron chi connectivity index (χ3n) is 2.79. The predicted octanol–water partition coefficient (Wildman–Crippen LogP) is 3.54. The van der Waals surface area contributed by atoms with Crippen LogP contribution < -0.4 is 5.32 Å². The molecule has 0 amide bonds. The van der Waals surface area contributed by atoms with Crippen molar-refractivity contribution in [2.45, 2.75) is 32.1 Å². The molecule has 1 aliphatic rings. The fourth-order valence-electron chi connectivity index (χ4n) is 1.92. The monoisotopic (exact) mass is 281 g/mol. The fourth-order valence-corrected chi connectivity index (χ4v) is 2.28. The zero-order valence-electron chi connectivity index (χ0n) is 9.25. The van der Waals surface area contributed by atoms with Gasteiger partial charge >= 0.3 is 0 Å².